The van der Waals surface area contributed by atoms with Crippen molar-refractivity contribution in [1.82, 2.24) is 45.4 Å². The molecule has 5 unspecified atom stereocenters. The van der Waals surface area contributed by atoms with E-state index in [2.05, 4.69) is 21.0 Å². The van der Waals surface area contributed by atoms with Gasteiger partial charge in [-0.3, -0.25) is 20.0 Å². The molecule has 0 aliphatic carbocycles. The van der Waals surface area contributed by atoms with Gasteiger partial charge in [-0.2, -0.15) is 0 Å². The van der Waals surface area contributed by atoms with Gasteiger partial charge in [-0.25, -0.2) is 19.6 Å². The molecule has 1 fully saturated rings. The third-order valence-corrected chi connectivity index (χ3v) is 11.7. The molecule has 1 aliphatic heterocycles. The van der Waals surface area contributed by atoms with Gasteiger partial charge in [0.05, 0.1) is 42.5 Å². The molecule has 0 bridgehead atoms. The summed E-state index contributed by atoms with van der Waals surface area (Å²) in [7, 11) is 3.17. The fourth-order valence-electron chi connectivity index (χ4n) is 8.06. The van der Waals surface area contributed by atoms with Crippen LogP contribution in [0.4, 0.5) is 9.59 Å². The molecule has 15 heteroatoms. The number of aliphatic hydroxyl groups excluding tert-OH is 1. The fraction of sp³-hybridized carbons (Fsp3) is 0.417. The minimum absolute atomic E-state index is 0.106. The molecule has 5 aromatic rings. The summed E-state index contributed by atoms with van der Waals surface area (Å²) < 4.78 is 6.82. The van der Waals surface area contributed by atoms with Crippen LogP contribution < -0.4 is 16.1 Å². The molecule has 63 heavy (non-hydrogen) atoms. The van der Waals surface area contributed by atoms with Gasteiger partial charge in [0.1, 0.15) is 17.9 Å². The number of benzene rings is 3. The lowest BCUT2D eigenvalue weighted by Crippen LogP contribution is -2.60. The van der Waals surface area contributed by atoms with Crippen molar-refractivity contribution in [2.75, 3.05) is 26.7 Å². The summed E-state index contributed by atoms with van der Waals surface area (Å²) >= 11 is 0. The first kappa shape index (κ1) is 46.2. The van der Waals surface area contributed by atoms with E-state index in [9.17, 15) is 24.3 Å². The zero-order valence-electron chi connectivity index (χ0n) is 37.3. The lowest BCUT2D eigenvalue weighted by atomic mass is 9.84. The number of hydrogen-bond acceptors (Lipinski definition) is 9. The summed E-state index contributed by atoms with van der Waals surface area (Å²) in [6, 6.07) is 27.9. The number of nitrogens with zero attached hydrogens (tertiary/aromatic N) is 6. The maximum absolute atomic E-state index is 14.7. The molecule has 5 atom stereocenters. The maximum Gasteiger partial charge on any atom is 0.407 e. The van der Waals surface area contributed by atoms with Crippen molar-refractivity contribution in [2.45, 2.75) is 84.8 Å². The number of fused-ring (bicyclic) bond motifs is 1. The number of aromatic nitrogens is 3. The van der Waals surface area contributed by atoms with Gasteiger partial charge in [-0.05, 0) is 53.1 Å². The van der Waals surface area contributed by atoms with Gasteiger partial charge in [0, 0.05) is 45.0 Å². The number of imidazole rings is 1. The average Bonchev–Trinajstić information content (AvgIpc) is 3.79. The predicted octanol–water partition coefficient (Wildman–Crippen LogP) is 5.68. The molecule has 1 aliphatic rings. The number of ether oxygens (including phenoxy) is 1. The molecule has 0 saturated carbocycles. The van der Waals surface area contributed by atoms with Crippen molar-refractivity contribution in [3.63, 3.8) is 0 Å². The monoisotopic (exact) mass is 859 g/mol. The first-order valence-corrected chi connectivity index (χ1v) is 21.5. The van der Waals surface area contributed by atoms with Crippen molar-refractivity contribution in [3.8, 4) is 11.3 Å². The molecule has 3 heterocycles. The highest BCUT2D eigenvalue weighted by Gasteiger charge is 2.44. The number of rotatable bonds is 18. The highest BCUT2D eigenvalue weighted by atomic mass is 16.5. The van der Waals surface area contributed by atoms with Gasteiger partial charge in [0.2, 0.25) is 5.91 Å². The number of hydrogen-bond donors (Lipinski definition) is 4. The van der Waals surface area contributed by atoms with Gasteiger partial charge in [-0.15, -0.1) is 0 Å². The van der Waals surface area contributed by atoms with Crippen LogP contribution in [-0.4, -0.2) is 109 Å². The van der Waals surface area contributed by atoms with Crippen molar-refractivity contribution < 1.29 is 29.0 Å². The molecule has 15 nitrogen and oxygen atoms in total. The van der Waals surface area contributed by atoms with Crippen LogP contribution in [0.2, 0.25) is 0 Å². The number of amides is 5. The Morgan fingerprint density at radius 3 is 2.24 bits per heavy atom. The van der Waals surface area contributed by atoms with Gasteiger partial charge in [-0.1, -0.05) is 114 Å². The summed E-state index contributed by atoms with van der Waals surface area (Å²) in [5.41, 5.74) is 7.53. The van der Waals surface area contributed by atoms with Crippen LogP contribution in [0, 0.1) is 11.3 Å². The normalized spacial score (nSPS) is 15.5. The molecule has 5 amide bonds. The Morgan fingerprint density at radius 1 is 0.889 bits per heavy atom. The Balaban J connectivity index is 1.25. The third kappa shape index (κ3) is 11.6. The van der Waals surface area contributed by atoms with Crippen LogP contribution in [-0.2, 0) is 40.9 Å². The summed E-state index contributed by atoms with van der Waals surface area (Å²) in [6.07, 6.45) is 0.627. The second kappa shape index (κ2) is 20.7. The number of nitrogens with one attached hydrogen (secondary N) is 3. The Labute approximate surface area is 369 Å². The molecule has 334 valence electrons. The number of methoxy groups -OCH3 is 1. The summed E-state index contributed by atoms with van der Waals surface area (Å²) in [6.45, 7) is 10.7. The van der Waals surface area contributed by atoms with Crippen molar-refractivity contribution >= 4 is 35.0 Å². The van der Waals surface area contributed by atoms with E-state index in [1.54, 1.807) is 21.0 Å². The van der Waals surface area contributed by atoms with E-state index in [1.807, 2.05) is 143 Å². The zero-order chi connectivity index (χ0) is 45.3. The molecule has 1 saturated heterocycles. The van der Waals surface area contributed by atoms with Crippen LogP contribution >= 0.6 is 0 Å². The Bertz CT molecular complexity index is 2320. The van der Waals surface area contributed by atoms with Gasteiger partial charge in [0.25, 0.3) is 5.91 Å². The van der Waals surface area contributed by atoms with Crippen molar-refractivity contribution in [3.05, 3.63) is 120 Å². The second-order valence-corrected chi connectivity index (χ2v) is 17.4. The van der Waals surface area contributed by atoms with Crippen LogP contribution in [0.5, 0.6) is 0 Å². The van der Waals surface area contributed by atoms with Crippen molar-refractivity contribution in [1.29, 1.82) is 0 Å². The molecule has 0 spiro atoms. The summed E-state index contributed by atoms with van der Waals surface area (Å²) in [5, 5.41) is 19.7. The van der Waals surface area contributed by atoms with Gasteiger partial charge < -0.3 is 34.8 Å². The van der Waals surface area contributed by atoms with Crippen molar-refractivity contribution in [2.24, 2.45) is 18.4 Å². The largest absolute Gasteiger partial charge is 0.453 e. The number of aryl methyl sites for hydroxylation is 1. The lowest BCUT2D eigenvalue weighted by Gasteiger charge is -2.38. The highest BCUT2D eigenvalue weighted by Crippen LogP contribution is 2.29. The number of aliphatic hydroxyl groups is 1. The topological polar surface area (TPSA) is 174 Å². The second-order valence-electron chi connectivity index (χ2n) is 17.4. The van der Waals surface area contributed by atoms with E-state index < -0.39 is 47.6 Å². The Hall–Kier alpha value is -6.32. The molecular formula is C48H61N9O6. The number of carbonyl (C=O) groups excluding carboxylic acids is 4. The number of pyridine rings is 1. The minimum atomic E-state index is -1.22. The van der Waals surface area contributed by atoms with E-state index in [1.165, 1.54) is 7.11 Å². The standard InChI is InChI=1S/C48H61N9O6/c1-8-32(2)42(52-46(61)63-7)44(59)53-56(29-34-21-23-35(24-22-34)36-18-14-15-25-49-36)30-40(58)38(28-33-16-10-9-11-17-33)51-45(60)43(48(3,4)5)57-27-26-55(47(57)62)31-41-50-37-19-12-13-20-39(37)54(41)6/h9-25,32,38,40,42-43,58H,8,26-31H2,1-7H3,(H,51,60)(H,52,61)(H,53,59). The zero-order valence-corrected chi connectivity index (χ0v) is 37.3. The maximum atomic E-state index is 14.7. The predicted molar refractivity (Wildman–Crippen MR) is 242 cm³/mol. The van der Waals surface area contributed by atoms with E-state index in [4.69, 9.17) is 9.72 Å². The van der Waals surface area contributed by atoms with Gasteiger partial charge in [0.15, 0.2) is 0 Å². The minimum Gasteiger partial charge on any atom is -0.453 e. The molecular weight excluding hydrogens is 799 g/mol. The quantitative estimate of drug-likeness (QED) is 0.0809. The van der Waals surface area contributed by atoms with E-state index in [0.717, 1.165) is 39.2 Å². The van der Waals surface area contributed by atoms with E-state index in [-0.39, 0.29) is 38.0 Å². The number of hydrazine groups is 1. The van der Waals surface area contributed by atoms with Crippen LogP contribution in [0.3, 0.4) is 0 Å². The van der Waals surface area contributed by atoms with Crippen LogP contribution in [0.1, 0.15) is 58.0 Å². The third-order valence-electron chi connectivity index (χ3n) is 11.7. The lowest BCUT2D eigenvalue weighted by molar-refractivity contribution is -0.132. The number of alkyl carbamates (subject to hydrolysis) is 1. The SMILES string of the molecule is CCC(C)C(NC(=O)OC)C(=O)NN(Cc1ccc(-c2ccccn2)cc1)CC(O)C(Cc1ccccc1)NC(=O)C(N1CCN(Cc2nc3ccccc3n2C)C1=O)C(C)(C)C. The van der Waals surface area contributed by atoms with E-state index >= 15 is 0 Å². The molecule has 3 aromatic carbocycles. The molecule has 0 radical (unpaired) electrons. The van der Waals surface area contributed by atoms with E-state index in [0.29, 0.717) is 19.5 Å². The highest BCUT2D eigenvalue weighted by molar-refractivity contribution is 5.89. The number of carbonyl (C=O) groups is 4. The molecule has 6 rings (SSSR count). The summed E-state index contributed by atoms with van der Waals surface area (Å²) in [4.78, 5) is 67.8. The smallest absolute Gasteiger partial charge is 0.407 e. The molecule has 4 N–H and O–H groups in total. The van der Waals surface area contributed by atoms with Crippen LogP contribution in [0.15, 0.2) is 103 Å². The number of para-hydroxylation sites is 2. The first-order valence-electron chi connectivity index (χ1n) is 21.5. The fourth-order valence-corrected chi connectivity index (χ4v) is 8.06. The molecule has 2 aromatic heterocycles. The van der Waals surface area contributed by atoms with Gasteiger partial charge >= 0.3 is 12.1 Å². The Morgan fingerprint density at radius 2 is 1.59 bits per heavy atom. The van der Waals surface area contributed by atoms with Crippen LogP contribution in [0.25, 0.3) is 22.3 Å². The summed E-state index contributed by atoms with van der Waals surface area (Å²) in [5.74, 6) is -0.397. The number of urea groups is 1. The Kier molecular flexibility index (Phi) is 15.2. The first-order chi connectivity index (χ1) is 30.2. The average molecular weight is 860 g/mol.